The fourth-order valence-electron chi connectivity index (χ4n) is 2.45. The Morgan fingerprint density at radius 1 is 1.20 bits per heavy atom. The molecule has 0 aliphatic carbocycles. The molecule has 20 heavy (non-hydrogen) atoms. The van der Waals surface area contributed by atoms with Gasteiger partial charge in [0.15, 0.2) is 0 Å². The van der Waals surface area contributed by atoms with E-state index in [1.165, 1.54) is 0 Å². The van der Waals surface area contributed by atoms with Gasteiger partial charge in [-0.25, -0.2) is 8.42 Å². The van der Waals surface area contributed by atoms with Crippen molar-refractivity contribution in [3.05, 3.63) is 36.4 Å². The third-order valence-corrected chi connectivity index (χ3v) is 5.06. The second-order valence-corrected chi connectivity index (χ2v) is 6.28. The first kappa shape index (κ1) is 12.9. The number of esters is 1. The van der Waals surface area contributed by atoms with E-state index in [-0.39, 0.29) is 18.0 Å². The van der Waals surface area contributed by atoms with E-state index in [4.69, 9.17) is 4.74 Å². The Balaban J connectivity index is 2.16. The summed E-state index contributed by atoms with van der Waals surface area (Å²) in [7, 11) is -3.68. The average molecular weight is 291 g/mol. The van der Waals surface area contributed by atoms with Crippen molar-refractivity contribution in [2.24, 2.45) is 0 Å². The van der Waals surface area contributed by atoms with Gasteiger partial charge in [0.05, 0.1) is 17.2 Å². The maximum atomic E-state index is 12.5. The molecule has 0 aromatic heterocycles. The molecule has 1 heterocycles. The monoisotopic (exact) mass is 291 g/mol. The van der Waals surface area contributed by atoms with Gasteiger partial charge in [-0.1, -0.05) is 24.3 Å². The third-order valence-electron chi connectivity index (χ3n) is 3.26. The molecule has 0 atom stereocenters. The molecule has 104 valence electrons. The summed E-state index contributed by atoms with van der Waals surface area (Å²) in [6.45, 7) is 1.61. The van der Waals surface area contributed by atoms with E-state index in [2.05, 4.69) is 0 Å². The quantitative estimate of drug-likeness (QED) is 0.810. The highest BCUT2D eigenvalue weighted by Crippen LogP contribution is 2.41. The second kappa shape index (κ2) is 4.49. The minimum absolute atomic E-state index is 0.226. The number of hydrogen-bond donors (Lipinski definition) is 0. The Hall–Kier alpha value is -2.08. The topological polar surface area (TPSA) is 63.7 Å². The molecule has 3 rings (SSSR count). The number of hydrogen-bond acceptors (Lipinski definition) is 4. The summed E-state index contributed by atoms with van der Waals surface area (Å²) in [5, 5.41) is 1.51. The summed E-state index contributed by atoms with van der Waals surface area (Å²) in [4.78, 5) is 11.9. The molecule has 0 bridgehead atoms. The van der Waals surface area contributed by atoms with Gasteiger partial charge in [0.25, 0.3) is 10.0 Å². The number of benzene rings is 2. The van der Waals surface area contributed by atoms with Gasteiger partial charge in [0, 0.05) is 5.39 Å². The summed E-state index contributed by atoms with van der Waals surface area (Å²) in [6, 6.07) is 10.5. The molecule has 0 saturated carbocycles. The molecule has 6 heteroatoms. The zero-order valence-corrected chi connectivity index (χ0v) is 11.7. The first-order valence-corrected chi connectivity index (χ1v) is 7.70. The van der Waals surface area contributed by atoms with E-state index < -0.39 is 16.0 Å². The van der Waals surface area contributed by atoms with Crippen LogP contribution in [-0.2, 0) is 19.6 Å². The maximum Gasteiger partial charge on any atom is 0.326 e. The Kier molecular flexibility index (Phi) is 2.90. The van der Waals surface area contributed by atoms with Gasteiger partial charge in [0.1, 0.15) is 6.54 Å². The lowest BCUT2D eigenvalue weighted by Crippen LogP contribution is -2.33. The van der Waals surface area contributed by atoms with E-state index in [1.54, 1.807) is 31.2 Å². The largest absolute Gasteiger partial charge is 0.465 e. The first-order valence-electron chi connectivity index (χ1n) is 6.26. The van der Waals surface area contributed by atoms with Crippen LogP contribution in [0.1, 0.15) is 6.92 Å². The lowest BCUT2D eigenvalue weighted by atomic mass is 10.1. The SMILES string of the molecule is CCOC(=O)CN1c2cccc3cccc(c23)S1(=O)=O. The minimum Gasteiger partial charge on any atom is -0.465 e. The van der Waals surface area contributed by atoms with Gasteiger partial charge in [0.2, 0.25) is 0 Å². The van der Waals surface area contributed by atoms with Crippen molar-refractivity contribution in [3.63, 3.8) is 0 Å². The molecule has 1 aliphatic heterocycles. The van der Waals surface area contributed by atoms with Gasteiger partial charge < -0.3 is 4.74 Å². The average Bonchev–Trinajstić information content (AvgIpc) is 2.63. The normalized spacial score (nSPS) is 15.6. The predicted octanol–water partition coefficient (Wildman–Crippen LogP) is 1.91. The van der Waals surface area contributed by atoms with Crippen LogP contribution in [0.5, 0.6) is 0 Å². The second-order valence-electron chi connectivity index (χ2n) is 4.45. The highest BCUT2D eigenvalue weighted by molar-refractivity contribution is 7.93. The van der Waals surface area contributed by atoms with Gasteiger partial charge in [-0.05, 0) is 24.4 Å². The lowest BCUT2D eigenvalue weighted by Gasteiger charge is -2.17. The van der Waals surface area contributed by atoms with Gasteiger partial charge in [-0.3, -0.25) is 9.10 Å². The van der Waals surface area contributed by atoms with E-state index in [0.717, 1.165) is 9.69 Å². The number of carbonyl (C=O) groups excluding carboxylic acids is 1. The van der Waals surface area contributed by atoms with Crippen LogP contribution in [0.25, 0.3) is 10.8 Å². The molecule has 0 radical (unpaired) electrons. The molecule has 1 aliphatic rings. The molecule has 0 fully saturated rings. The Morgan fingerprint density at radius 2 is 1.90 bits per heavy atom. The third kappa shape index (κ3) is 1.76. The number of nitrogens with zero attached hydrogens (tertiary/aromatic N) is 1. The number of ether oxygens (including phenoxy) is 1. The molecule has 5 nitrogen and oxygen atoms in total. The molecule has 2 aromatic rings. The van der Waals surface area contributed by atoms with E-state index in [9.17, 15) is 13.2 Å². The van der Waals surface area contributed by atoms with Gasteiger partial charge in [-0.15, -0.1) is 0 Å². The summed E-state index contributed by atoms with van der Waals surface area (Å²) in [6.07, 6.45) is 0. The highest BCUT2D eigenvalue weighted by Gasteiger charge is 2.36. The van der Waals surface area contributed by atoms with Crippen molar-refractivity contribution in [1.29, 1.82) is 0 Å². The smallest absolute Gasteiger partial charge is 0.326 e. The van der Waals surface area contributed by atoms with Crippen molar-refractivity contribution < 1.29 is 17.9 Å². The van der Waals surface area contributed by atoms with Gasteiger partial charge >= 0.3 is 5.97 Å². The summed E-state index contributed by atoms with van der Waals surface area (Å²) >= 11 is 0. The molecule has 0 N–H and O–H groups in total. The van der Waals surface area contributed by atoms with Crippen molar-refractivity contribution in [1.82, 2.24) is 0 Å². The molecule has 0 saturated heterocycles. The minimum atomic E-state index is -3.68. The molecular weight excluding hydrogens is 278 g/mol. The number of anilines is 1. The van der Waals surface area contributed by atoms with Crippen LogP contribution in [0, 0.1) is 0 Å². The zero-order valence-electron chi connectivity index (χ0n) is 10.9. The number of carbonyl (C=O) groups is 1. The van der Waals surface area contributed by atoms with Crippen LogP contribution < -0.4 is 4.31 Å². The van der Waals surface area contributed by atoms with Crippen LogP contribution in [0.4, 0.5) is 5.69 Å². The standard InChI is InChI=1S/C14H13NO4S/c1-2-19-13(16)9-15-11-7-3-5-10-6-4-8-12(14(10)11)20(15,17)18/h3-8H,2,9H2,1H3. The van der Waals surface area contributed by atoms with Crippen molar-refractivity contribution in [2.75, 3.05) is 17.5 Å². The van der Waals surface area contributed by atoms with E-state index >= 15 is 0 Å². The maximum absolute atomic E-state index is 12.5. The number of sulfonamides is 1. The summed E-state index contributed by atoms with van der Waals surface area (Å²) < 4.78 is 31.0. The summed E-state index contributed by atoms with van der Waals surface area (Å²) in [5.74, 6) is -0.555. The van der Waals surface area contributed by atoms with Crippen LogP contribution in [0.15, 0.2) is 41.3 Å². The lowest BCUT2D eigenvalue weighted by molar-refractivity contribution is -0.141. The van der Waals surface area contributed by atoms with E-state index in [0.29, 0.717) is 11.1 Å². The molecule has 2 aromatic carbocycles. The van der Waals surface area contributed by atoms with Crippen LogP contribution in [-0.4, -0.2) is 27.5 Å². The molecule has 0 spiro atoms. The van der Waals surface area contributed by atoms with Crippen molar-refractivity contribution in [3.8, 4) is 0 Å². The first-order chi connectivity index (χ1) is 9.55. The van der Waals surface area contributed by atoms with Crippen LogP contribution in [0.3, 0.4) is 0 Å². The highest BCUT2D eigenvalue weighted by atomic mass is 32.2. The van der Waals surface area contributed by atoms with Crippen LogP contribution >= 0.6 is 0 Å². The Bertz CT molecular complexity index is 793. The van der Waals surface area contributed by atoms with Crippen molar-refractivity contribution >= 4 is 32.5 Å². The number of rotatable bonds is 3. The summed E-state index contributed by atoms with van der Waals surface area (Å²) in [5.41, 5.74) is 0.533. The fourth-order valence-corrected chi connectivity index (χ4v) is 4.11. The zero-order chi connectivity index (χ0) is 14.3. The Morgan fingerprint density at radius 3 is 2.60 bits per heavy atom. The molecular formula is C14H13NO4S. The van der Waals surface area contributed by atoms with Crippen molar-refractivity contribution in [2.45, 2.75) is 11.8 Å². The molecule has 0 unspecified atom stereocenters. The van der Waals surface area contributed by atoms with E-state index in [1.807, 2.05) is 12.1 Å². The fraction of sp³-hybridized carbons (Fsp3) is 0.214. The predicted molar refractivity (Wildman–Crippen MR) is 75.1 cm³/mol. The Labute approximate surface area is 116 Å². The molecule has 0 amide bonds. The van der Waals surface area contributed by atoms with Crippen LogP contribution in [0.2, 0.25) is 0 Å². The van der Waals surface area contributed by atoms with Gasteiger partial charge in [-0.2, -0.15) is 0 Å².